The van der Waals surface area contributed by atoms with E-state index in [1.54, 1.807) is 12.4 Å². The predicted octanol–water partition coefficient (Wildman–Crippen LogP) is 2.31. The first kappa shape index (κ1) is 13.8. The molecule has 0 amide bonds. The van der Waals surface area contributed by atoms with E-state index >= 15 is 0 Å². The van der Waals surface area contributed by atoms with Crippen LogP contribution in [0.1, 0.15) is 5.56 Å². The first-order chi connectivity index (χ1) is 10.4. The highest BCUT2D eigenvalue weighted by Gasteiger charge is 2.17. The van der Waals surface area contributed by atoms with Crippen molar-refractivity contribution >= 4 is 12.0 Å². The molecule has 1 aliphatic heterocycles. The van der Waals surface area contributed by atoms with E-state index in [2.05, 4.69) is 56.2 Å². The minimum Gasteiger partial charge on any atom is -0.338 e. The summed E-state index contributed by atoms with van der Waals surface area (Å²) in [5.41, 5.74) is 1.26. The van der Waals surface area contributed by atoms with Crippen LogP contribution < -0.4 is 4.90 Å². The Labute approximate surface area is 125 Å². The van der Waals surface area contributed by atoms with Gasteiger partial charge in [-0.15, -0.1) is 0 Å². The lowest BCUT2D eigenvalue weighted by molar-refractivity contribution is 0.283. The number of aromatic nitrogens is 2. The van der Waals surface area contributed by atoms with Gasteiger partial charge in [-0.3, -0.25) is 4.90 Å². The van der Waals surface area contributed by atoms with E-state index in [1.807, 2.05) is 12.1 Å². The van der Waals surface area contributed by atoms with Gasteiger partial charge in [-0.2, -0.15) is 0 Å². The number of hydrogen-bond acceptors (Lipinski definition) is 4. The maximum atomic E-state index is 4.31. The molecule has 4 heteroatoms. The summed E-state index contributed by atoms with van der Waals surface area (Å²) >= 11 is 0. The molecule has 108 valence electrons. The first-order valence-corrected chi connectivity index (χ1v) is 7.38. The number of piperazine rings is 1. The van der Waals surface area contributed by atoms with Crippen molar-refractivity contribution in [2.24, 2.45) is 0 Å². The Bertz CT molecular complexity index is 560. The second-order valence-electron chi connectivity index (χ2n) is 5.15. The van der Waals surface area contributed by atoms with Gasteiger partial charge in [0.1, 0.15) is 0 Å². The molecule has 0 aliphatic carbocycles. The van der Waals surface area contributed by atoms with E-state index in [9.17, 15) is 0 Å². The smallest absolute Gasteiger partial charge is 0.225 e. The van der Waals surface area contributed by atoms with Crippen LogP contribution in [0.15, 0.2) is 54.9 Å². The summed E-state index contributed by atoms with van der Waals surface area (Å²) in [7, 11) is 0. The van der Waals surface area contributed by atoms with Crippen molar-refractivity contribution in [3.8, 4) is 0 Å². The fraction of sp³-hybridized carbons (Fsp3) is 0.294. The molecular formula is C17H20N4. The molecule has 0 radical (unpaired) electrons. The molecule has 1 fully saturated rings. The molecule has 21 heavy (non-hydrogen) atoms. The fourth-order valence-electron chi connectivity index (χ4n) is 2.49. The van der Waals surface area contributed by atoms with Crippen molar-refractivity contribution < 1.29 is 0 Å². The Hall–Kier alpha value is -2.20. The molecular weight excluding hydrogens is 260 g/mol. The zero-order valence-electron chi connectivity index (χ0n) is 12.1. The van der Waals surface area contributed by atoms with Crippen LogP contribution in [0.3, 0.4) is 0 Å². The zero-order valence-corrected chi connectivity index (χ0v) is 12.1. The van der Waals surface area contributed by atoms with Crippen LogP contribution in [-0.4, -0.2) is 47.6 Å². The molecule has 4 nitrogen and oxygen atoms in total. The van der Waals surface area contributed by atoms with Crippen molar-refractivity contribution in [3.05, 3.63) is 60.4 Å². The highest BCUT2D eigenvalue weighted by atomic mass is 15.3. The quantitative estimate of drug-likeness (QED) is 0.860. The van der Waals surface area contributed by atoms with E-state index in [0.29, 0.717) is 0 Å². The second kappa shape index (κ2) is 6.99. The fourth-order valence-corrected chi connectivity index (χ4v) is 2.49. The highest BCUT2D eigenvalue weighted by Crippen LogP contribution is 2.09. The van der Waals surface area contributed by atoms with Crippen LogP contribution in [0, 0.1) is 0 Å². The maximum absolute atomic E-state index is 4.31. The number of rotatable bonds is 4. The van der Waals surface area contributed by atoms with Gasteiger partial charge in [-0.05, 0) is 11.6 Å². The molecule has 0 bridgehead atoms. The highest BCUT2D eigenvalue weighted by molar-refractivity contribution is 5.48. The Morgan fingerprint density at radius 3 is 2.33 bits per heavy atom. The SMILES string of the molecule is C(=C\c1ccccc1)/CN1CCN(c2ncccn2)CC1. The zero-order chi connectivity index (χ0) is 14.3. The largest absolute Gasteiger partial charge is 0.338 e. The third kappa shape index (κ3) is 3.89. The molecule has 1 aliphatic rings. The molecule has 0 atom stereocenters. The van der Waals surface area contributed by atoms with Crippen molar-refractivity contribution in [2.75, 3.05) is 37.6 Å². The van der Waals surface area contributed by atoms with Gasteiger partial charge in [-0.25, -0.2) is 9.97 Å². The van der Waals surface area contributed by atoms with E-state index in [1.165, 1.54) is 5.56 Å². The normalized spacial score (nSPS) is 16.5. The molecule has 0 unspecified atom stereocenters. The molecule has 0 saturated carbocycles. The third-order valence-corrected chi connectivity index (χ3v) is 3.68. The second-order valence-corrected chi connectivity index (χ2v) is 5.15. The third-order valence-electron chi connectivity index (χ3n) is 3.68. The van der Waals surface area contributed by atoms with Gasteiger partial charge in [0.05, 0.1) is 0 Å². The van der Waals surface area contributed by atoms with Crippen LogP contribution in [0.4, 0.5) is 5.95 Å². The minimum absolute atomic E-state index is 0.844. The van der Waals surface area contributed by atoms with Crippen molar-refractivity contribution in [1.82, 2.24) is 14.9 Å². The van der Waals surface area contributed by atoms with Gasteiger partial charge >= 0.3 is 0 Å². The number of hydrogen-bond donors (Lipinski definition) is 0. The van der Waals surface area contributed by atoms with Gasteiger partial charge in [-0.1, -0.05) is 42.5 Å². The monoisotopic (exact) mass is 280 g/mol. The topological polar surface area (TPSA) is 32.3 Å². The van der Waals surface area contributed by atoms with Crippen molar-refractivity contribution in [1.29, 1.82) is 0 Å². The summed E-state index contributed by atoms with van der Waals surface area (Å²) in [6.07, 6.45) is 8.03. The van der Waals surface area contributed by atoms with Crippen molar-refractivity contribution in [3.63, 3.8) is 0 Å². The Kier molecular flexibility index (Phi) is 4.59. The van der Waals surface area contributed by atoms with Crippen LogP contribution in [0.5, 0.6) is 0 Å². The summed E-state index contributed by atoms with van der Waals surface area (Å²) in [6.45, 7) is 5.08. The molecule has 0 N–H and O–H groups in total. The Morgan fingerprint density at radius 2 is 1.62 bits per heavy atom. The molecule has 2 heterocycles. The number of nitrogens with zero attached hydrogens (tertiary/aromatic N) is 4. The van der Waals surface area contributed by atoms with Gasteiger partial charge in [0.2, 0.25) is 5.95 Å². The maximum Gasteiger partial charge on any atom is 0.225 e. The number of benzene rings is 1. The summed E-state index contributed by atoms with van der Waals surface area (Å²) in [5.74, 6) is 0.844. The van der Waals surface area contributed by atoms with Gasteiger partial charge in [0, 0.05) is 45.1 Å². The van der Waals surface area contributed by atoms with E-state index < -0.39 is 0 Å². The molecule has 1 saturated heterocycles. The van der Waals surface area contributed by atoms with E-state index in [4.69, 9.17) is 0 Å². The van der Waals surface area contributed by atoms with Crippen LogP contribution in [-0.2, 0) is 0 Å². The van der Waals surface area contributed by atoms with E-state index in [0.717, 1.165) is 38.7 Å². The average Bonchev–Trinajstić information content (AvgIpc) is 2.57. The number of anilines is 1. The molecule has 1 aromatic carbocycles. The minimum atomic E-state index is 0.844. The summed E-state index contributed by atoms with van der Waals surface area (Å²) in [5, 5.41) is 0. The Morgan fingerprint density at radius 1 is 0.905 bits per heavy atom. The average molecular weight is 280 g/mol. The predicted molar refractivity (Wildman–Crippen MR) is 86.2 cm³/mol. The lowest BCUT2D eigenvalue weighted by atomic mass is 10.2. The van der Waals surface area contributed by atoms with Crippen LogP contribution in [0.2, 0.25) is 0 Å². The van der Waals surface area contributed by atoms with E-state index in [-0.39, 0.29) is 0 Å². The van der Waals surface area contributed by atoms with Gasteiger partial charge < -0.3 is 4.90 Å². The van der Waals surface area contributed by atoms with Gasteiger partial charge in [0.25, 0.3) is 0 Å². The lowest BCUT2D eigenvalue weighted by Gasteiger charge is -2.34. The molecule has 1 aromatic heterocycles. The molecule has 0 spiro atoms. The molecule has 3 rings (SSSR count). The van der Waals surface area contributed by atoms with Gasteiger partial charge in [0.15, 0.2) is 0 Å². The van der Waals surface area contributed by atoms with Crippen LogP contribution in [0.25, 0.3) is 6.08 Å². The van der Waals surface area contributed by atoms with Crippen LogP contribution >= 0.6 is 0 Å². The summed E-state index contributed by atoms with van der Waals surface area (Å²) in [4.78, 5) is 13.3. The first-order valence-electron chi connectivity index (χ1n) is 7.38. The summed E-state index contributed by atoms with van der Waals surface area (Å²) in [6, 6.07) is 12.3. The standard InChI is InChI=1S/C17H20N4/c1-2-6-16(7-3-1)8-4-11-20-12-14-21(15-13-20)17-18-9-5-10-19-17/h1-10H,11-15H2/b8-4+. The van der Waals surface area contributed by atoms with Crippen molar-refractivity contribution in [2.45, 2.75) is 0 Å². The summed E-state index contributed by atoms with van der Waals surface area (Å²) < 4.78 is 0. The lowest BCUT2D eigenvalue weighted by Crippen LogP contribution is -2.46. The Balaban J connectivity index is 1.47. The molecule has 2 aromatic rings.